The van der Waals surface area contributed by atoms with Crippen LogP contribution in [0.3, 0.4) is 0 Å². The Kier molecular flexibility index (Phi) is 6.28. The monoisotopic (exact) mass is 414 g/mol. The molecule has 3 heterocycles. The zero-order valence-corrected chi connectivity index (χ0v) is 17.5. The van der Waals surface area contributed by atoms with Gasteiger partial charge in [-0.2, -0.15) is 0 Å². The number of carbonyl (C=O) groups excluding carboxylic acids is 1. The summed E-state index contributed by atoms with van der Waals surface area (Å²) < 4.78 is 0. The lowest BCUT2D eigenvalue weighted by Gasteiger charge is -2.35. The number of halogens is 1. The van der Waals surface area contributed by atoms with Crippen LogP contribution in [0.5, 0.6) is 0 Å². The lowest BCUT2D eigenvalue weighted by molar-refractivity contribution is -0.131. The summed E-state index contributed by atoms with van der Waals surface area (Å²) in [7, 11) is 2.11. The second kappa shape index (κ2) is 9.07. The van der Waals surface area contributed by atoms with E-state index in [-0.39, 0.29) is 11.8 Å². The predicted octanol–water partition coefficient (Wildman–Crippen LogP) is 2.29. The molecule has 1 aromatic carbocycles. The fourth-order valence-electron chi connectivity index (χ4n) is 3.80. The summed E-state index contributed by atoms with van der Waals surface area (Å²) in [6, 6.07) is 11.6. The predicted molar refractivity (Wildman–Crippen MR) is 115 cm³/mol. The lowest BCUT2D eigenvalue weighted by atomic mass is 9.96. The van der Waals surface area contributed by atoms with E-state index in [0.29, 0.717) is 5.02 Å². The number of nitrogens with one attached hydrogen (secondary N) is 1. The van der Waals surface area contributed by atoms with E-state index in [4.69, 9.17) is 11.6 Å². The maximum Gasteiger partial charge on any atom is 0.237 e. The third-order valence-electron chi connectivity index (χ3n) is 5.75. The number of rotatable bonds is 4. The largest absolute Gasteiger partial charge is 0.355 e. The van der Waals surface area contributed by atoms with Gasteiger partial charge in [0.05, 0.1) is 5.69 Å². The minimum atomic E-state index is 0.0622. The van der Waals surface area contributed by atoms with E-state index in [0.717, 1.165) is 69.2 Å². The molecule has 154 valence electrons. The highest BCUT2D eigenvalue weighted by atomic mass is 35.5. The number of hydrogen-bond donors (Lipinski definition) is 1. The van der Waals surface area contributed by atoms with Crippen molar-refractivity contribution in [2.45, 2.75) is 12.8 Å². The third kappa shape index (κ3) is 5.04. The van der Waals surface area contributed by atoms with Gasteiger partial charge in [-0.15, -0.1) is 10.2 Å². The molecular formula is C21H27ClN6O. The SMILES string of the molecule is CN1CCN(NC(=O)C2CCN(c3ccc(-c4ccc(Cl)cc4)nn3)CC2)CC1. The first-order valence-electron chi connectivity index (χ1n) is 10.2. The molecule has 0 unspecified atom stereocenters. The second-order valence-electron chi connectivity index (χ2n) is 7.81. The lowest BCUT2D eigenvalue weighted by Crippen LogP contribution is -2.54. The average Bonchev–Trinajstić information content (AvgIpc) is 2.76. The Morgan fingerprint density at radius 1 is 0.966 bits per heavy atom. The van der Waals surface area contributed by atoms with Crippen molar-refractivity contribution in [3.8, 4) is 11.3 Å². The minimum absolute atomic E-state index is 0.0622. The topological polar surface area (TPSA) is 64.6 Å². The van der Waals surface area contributed by atoms with Crippen molar-refractivity contribution in [1.29, 1.82) is 0 Å². The van der Waals surface area contributed by atoms with Crippen LogP contribution in [0.1, 0.15) is 12.8 Å². The maximum absolute atomic E-state index is 12.6. The van der Waals surface area contributed by atoms with Crippen LogP contribution in [-0.4, -0.2) is 72.3 Å². The van der Waals surface area contributed by atoms with Crippen LogP contribution < -0.4 is 10.3 Å². The van der Waals surface area contributed by atoms with Gasteiger partial charge in [-0.3, -0.25) is 10.2 Å². The van der Waals surface area contributed by atoms with Crippen LogP contribution in [0.2, 0.25) is 5.02 Å². The zero-order valence-electron chi connectivity index (χ0n) is 16.7. The molecular weight excluding hydrogens is 388 g/mol. The van der Waals surface area contributed by atoms with E-state index in [1.807, 2.05) is 36.4 Å². The van der Waals surface area contributed by atoms with Gasteiger partial charge in [-0.1, -0.05) is 23.7 Å². The number of aromatic nitrogens is 2. The first kappa shape index (κ1) is 20.1. The van der Waals surface area contributed by atoms with Crippen molar-refractivity contribution in [3.63, 3.8) is 0 Å². The molecule has 2 aromatic rings. The molecule has 0 bridgehead atoms. The van der Waals surface area contributed by atoms with Crippen LogP contribution in [0.15, 0.2) is 36.4 Å². The van der Waals surface area contributed by atoms with Gasteiger partial charge >= 0.3 is 0 Å². The summed E-state index contributed by atoms with van der Waals surface area (Å²) in [5, 5.41) is 11.5. The molecule has 7 nitrogen and oxygen atoms in total. The number of amides is 1. The zero-order chi connectivity index (χ0) is 20.2. The van der Waals surface area contributed by atoms with Crippen molar-refractivity contribution in [1.82, 2.24) is 25.5 Å². The van der Waals surface area contributed by atoms with Gasteiger partial charge in [0.1, 0.15) is 0 Å². The Morgan fingerprint density at radius 2 is 1.66 bits per heavy atom. The first-order chi connectivity index (χ1) is 14.1. The molecule has 0 radical (unpaired) electrons. The minimum Gasteiger partial charge on any atom is -0.355 e. The van der Waals surface area contributed by atoms with E-state index >= 15 is 0 Å². The molecule has 0 spiro atoms. The van der Waals surface area contributed by atoms with Crippen LogP contribution in [-0.2, 0) is 4.79 Å². The van der Waals surface area contributed by atoms with Gasteiger partial charge < -0.3 is 9.80 Å². The van der Waals surface area contributed by atoms with Gasteiger partial charge in [0.2, 0.25) is 5.91 Å². The number of carbonyl (C=O) groups is 1. The van der Waals surface area contributed by atoms with Gasteiger partial charge in [-0.05, 0) is 44.2 Å². The fraction of sp³-hybridized carbons (Fsp3) is 0.476. The highest BCUT2D eigenvalue weighted by Crippen LogP contribution is 2.24. The van der Waals surface area contributed by atoms with E-state index in [9.17, 15) is 4.79 Å². The Labute approximate surface area is 176 Å². The number of anilines is 1. The number of hydrogen-bond acceptors (Lipinski definition) is 6. The van der Waals surface area contributed by atoms with Crippen LogP contribution in [0.25, 0.3) is 11.3 Å². The van der Waals surface area contributed by atoms with E-state index in [2.05, 4.69) is 37.5 Å². The summed E-state index contributed by atoms with van der Waals surface area (Å²) in [6.07, 6.45) is 1.67. The highest BCUT2D eigenvalue weighted by Gasteiger charge is 2.27. The maximum atomic E-state index is 12.6. The molecule has 29 heavy (non-hydrogen) atoms. The standard InChI is InChI=1S/C21H27ClN6O/c1-26-12-14-28(15-13-26)25-21(29)17-8-10-27(11-9-17)20-7-6-19(23-24-20)16-2-4-18(22)5-3-16/h2-7,17H,8-15H2,1H3,(H,25,29). The van der Waals surface area contributed by atoms with Crippen molar-refractivity contribution in [2.75, 3.05) is 51.2 Å². The summed E-state index contributed by atoms with van der Waals surface area (Å²) >= 11 is 5.94. The van der Waals surface area contributed by atoms with E-state index in [1.54, 1.807) is 0 Å². The van der Waals surface area contributed by atoms with Gasteiger partial charge in [0.15, 0.2) is 5.82 Å². The van der Waals surface area contributed by atoms with Crippen LogP contribution in [0.4, 0.5) is 5.82 Å². The molecule has 2 fully saturated rings. The molecule has 2 aliphatic heterocycles. The van der Waals surface area contributed by atoms with E-state index < -0.39 is 0 Å². The summed E-state index contributed by atoms with van der Waals surface area (Å²) in [4.78, 5) is 17.1. The quantitative estimate of drug-likeness (QED) is 0.828. The number of benzene rings is 1. The number of piperidine rings is 1. The Balaban J connectivity index is 1.29. The smallest absolute Gasteiger partial charge is 0.237 e. The molecule has 0 atom stereocenters. The molecule has 0 aliphatic carbocycles. The first-order valence-corrected chi connectivity index (χ1v) is 10.5. The van der Waals surface area contributed by atoms with Crippen molar-refractivity contribution >= 4 is 23.3 Å². The van der Waals surface area contributed by atoms with Gasteiger partial charge in [0.25, 0.3) is 0 Å². The highest BCUT2D eigenvalue weighted by molar-refractivity contribution is 6.30. The number of likely N-dealkylation sites (N-methyl/N-ethyl adjacent to an activating group) is 1. The molecule has 2 saturated heterocycles. The number of hydrazine groups is 1. The molecule has 0 saturated carbocycles. The summed E-state index contributed by atoms with van der Waals surface area (Å²) in [6.45, 7) is 5.38. The normalized spacial score (nSPS) is 19.3. The number of piperazine rings is 1. The van der Waals surface area contributed by atoms with Crippen molar-refractivity contribution in [2.24, 2.45) is 5.92 Å². The molecule has 1 N–H and O–H groups in total. The average molecular weight is 415 g/mol. The number of nitrogens with zero attached hydrogens (tertiary/aromatic N) is 5. The third-order valence-corrected chi connectivity index (χ3v) is 6.00. The molecule has 8 heteroatoms. The molecule has 2 aliphatic rings. The van der Waals surface area contributed by atoms with Gasteiger partial charge in [-0.25, -0.2) is 5.01 Å². The second-order valence-corrected chi connectivity index (χ2v) is 8.25. The molecule has 1 aromatic heterocycles. The Hall–Kier alpha value is -2.22. The van der Waals surface area contributed by atoms with Gasteiger partial charge in [0, 0.05) is 55.8 Å². The van der Waals surface area contributed by atoms with Crippen LogP contribution >= 0.6 is 11.6 Å². The Bertz CT molecular complexity index is 812. The summed E-state index contributed by atoms with van der Waals surface area (Å²) in [5.74, 6) is 1.08. The van der Waals surface area contributed by atoms with Crippen molar-refractivity contribution in [3.05, 3.63) is 41.4 Å². The summed E-state index contributed by atoms with van der Waals surface area (Å²) in [5.41, 5.74) is 4.92. The molecule has 4 rings (SSSR count). The molecule has 1 amide bonds. The fourth-order valence-corrected chi connectivity index (χ4v) is 3.93. The van der Waals surface area contributed by atoms with E-state index in [1.165, 1.54) is 0 Å². The van der Waals surface area contributed by atoms with Crippen LogP contribution in [0, 0.1) is 5.92 Å². The van der Waals surface area contributed by atoms with Crippen molar-refractivity contribution < 1.29 is 4.79 Å². The Morgan fingerprint density at radius 3 is 2.28 bits per heavy atom.